The van der Waals surface area contributed by atoms with Crippen molar-refractivity contribution in [3.05, 3.63) is 23.8 Å². The number of hydrogen-bond donors (Lipinski definition) is 0. The number of methoxy groups -OCH3 is 2. The Bertz CT molecular complexity index is 710. The quantitative estimate of drug-likeness (QED) is 0.561. The van der Waals surface area contributed by atoms with Gasteiger partial charge in [-0.05, 0) is 31.3 Å². The van der Waals surface area contributed by atoms with E-state index in [1.807, 2.05) is 18.2 Å². The molecule has 0 N–H and O–H groups in total. The molecule has 2 saturated heterocycles. The zero-order chi connectivity index (χ0) is 16.7. The van der Waals surface area contributed by atoms with E-state index in [2.05, 4.69) is 0 Å². The van der Waals surface area contributed by atoms with Gasteiger partial charge in [0, 0.05) is 0 Å². The number of fused-ring (bicyclic) bond motifs is 7. The van der Waals surface area contributed by atoms with Crippen LogP contribution in [0.15, 0.2) is 23.8 Å². The van der Waals surface area contributed by atoms with Crippen LogP contribution in [0.1, 0.15) is 25.7 Å². The van der Waals surface area contributed by atoms with Gasteiger partial charge in [-0.15, -0.1) is 0 Å². The molecule has 6 nitrogen and oxygen atoms in total. The Morgan fingerprint density at radius 3 is 2.58 bits per heavy atom. The summed E-state index contributed by atoms with van der Waals surface area (Å²) in [5, 5.41) is 0. The van der Waals surface area contributed by atoms with E-state index >= 15 is 0 Å². The first-order valence-corrected chi connectivity index (χ1v) is 8.49. The van der Waals surface area contributed by atoms with Gasteiger partial charge in [-0.2, -0.15) is 0 Å². The van der Waals surface area contributed by atoms with E-state index in [1.54, 1.807) is 0 Å². The van der Waals surface area contributed by atoms with Crippen LogP contribution in [-0.4, -0.2) is 50.1 Å². The molecule has 6 heteroatoms. The molecule has 6 atom stereocenters. The predicted molar refractivity (Wildman–Crippen MR) is 80.9 cm³/mol. The highest BCUT2D eigenvalue weighted by Crippen LogP contribution is 2.76. The van der Waals surface area contributed by atoms with Crippen LogP contribution >= 0.6 is 0 Å². The third-order valence-electron chi connectivity index (χ3n) is 6.82. The fourth-order valence-corrected chi connectivity index (χ4v) is 6.14. The van der Waals surface area contributed by atoms with Crippen molar-refractivity contribution >= 4 is 11.9 Å². The summed E-state index contributed by atoms with van der Waals surface area (Å²) in [5.74, 6) is -0.882. The van der Waals surface area contributed by atoms with Crippen LogP contribution in [0.5, 0.6) is 0 Å². The van der Waals surface area contributed by atoms with E-state index in [0.29, 0.717) is 6.42 Å². The topological polar surface area (TPSA) is 71.1 Å². The van der Waals surface area contributed by atoms with Gasteiger partial charge >= 0.3 is 11.9 Å². The van der Waals surface area contributed by atoms with Crippen LogP contribution in [-0.2, 0) is 28.5 Å². The Balaban J connectivity index is 1.85. The summed E-state index contributed by atoms with van der Waals surface area (Å²) in [7, 11) is 2.72. The van der Waals surface area contributed by atoms with Crippen molar-refractivity contribution in [1.29, 1.82) is 0 Å². The first-order valence-electron chi connectivity index (χ1n) is 8.49. The molecule has 1 saturated carbocycles. The Labute approximate surface area is 139 Å². The molecule has 5 rings (SSSR count). The van der Waals surface area contributed by atoms with Crippen LogP contribution in [0.3, 0.4) is 0 Å². The molecule has 0 unspecified atom stereocenters. The van der Waals surface area contributed by atoms with Crippen molar-refractivity contribution in [2.75, 3.05) is 14.2 Å². The summed E-state index contributed by atoms with van der Waals surface area (Å²) in [6.45, 7) is 0. The van der Waals surface area contributed by atoms with E-state index in [4.69, 9.17) is 18.9 Å². The average Bonchev–Trinajstić information content (AvgIpc) is 3.34. The van der Waals surface area contributed by atoms with Gasteiger partial charge in [0.25, 0.3) is 0 Å². The van der Waals surface area contributed by atoms with Gasteiger partial charge in [-0.25, -0.2) is 0 Å². The van der Waals surface area contributed by atoms with Crippen molar-refractivity contribution in [3.63, 3.8) is 0 Å². The van der Waals surface area contributed by atoms with Crippen molar-refractivity contribution < 1.29 is 28.5 Å². The second-order valence-electron chi connectivity index (χ2n) is 7.29. The standard InChI is InChI=1S/C18H20O6/c1-21-14(19)17-11-6-7-12(23-11)18(17,15(20)22-2)16-8-4-3-5-10(16)9-13(17)24-16/h6-7,9,11-13H,3-5,8H2,1-2H3/t11-,12+,13+,16-,17+,18+/m1/s1. The number of carbonyl (C=O) groups excluding carboxylic acids is 2. The minimum atomic E-state index is -1.20. The maximum atomic E-state index is 13.2. The summed E-state index contributed by atoms with van der Waals surface area (Å²) >= 11 is 0. The van der Waals surface area contributed by atoms with Crippen LogP contribution < -0.4 is 0 Å². The third-order valence-corrected chi connectivity index (χ3v) is 6.82. The molecule has 5 aliphatic rings. The molecule has 0 aromatic heterocycles. The van der Waals surface area contributed by atoms with Gasteiger partial charge in [-0.3, -0.25) is 9.59 Å². The summed E-state index contributed by atoms with van der Waals surface area (Å²) in [6.07, 6.45) is 7.80. The molecule has 24 heavy (non-hydrogen) atoms. The summed E-state index contributed by atoms with van der Waals surface area (Å²) < 4.78 is 23.0. The lowest BCUT2D eigenvalue weighted by Crippen LogP contribution is -2.68. The smallest absolute Gasteiger partial charge is 0.319 e. The largest absolute Gasteiger partial charge is 0.468 e. The SMILES string of the molecule is COC(=O)[C@]12[C@@H]3C=C4CCCC[C@]4(O3)[C@@]1(C(=O)OC)[C@@H]1C=C[C@H]2O1. The fourth-order valence-electron chi connectivity index (χ4n) is 6.14. The van der Waals surface area contributed by atoms with Gasteiger partial charge in [0.05, 0.1) is 32.5 Å². The van der Waals surface area contributed by atoms with Gasteiger partial charge < -0.3 is 18.9 Å². The van der Waals surface area contributed by atoms with Gasteiger partial charge in [0.2, 0.25) is 0 Å². The zero-order valence-electron chi connectivity index (χ0n) is 13.7. The van der Waals surface area contributed by atoms with E-state index in [9.17, 15) is 9.59 Å². The number of esters is 2. The highest BCUT2D eigenvalue weighted by atomic mass is 16.6. The van der Waals surface area contributed by atoms with E-state index in [1.165, 1.54) is 14.2 Å². The maximum Gasteiger partial charge on any atom is 0.319 e. The van der Waals surface area contributed by atoms with Crippen molar-refractivity contribution in [2.45, 2.75) is 49.6 Å². The van der Waals surface area contributed by atoms with Crippen molar-refractivity contribution in [1.82, 2.24) is 0 Å². The Morgan fingerprint density at radius 2 is 1.83 bits per heavy atom. The molecule has 128 valence electrons. The highest BCUT2D eigenvalue weighted by molar-refractivity contribution is 5.96. The second kappa shape index (κ2) is 4.29. The molecule has 0 aromatic carbocycles. The molecule has 4 aliphatic heterocycles. The van der Waals surface area contributed by atoms with Gasteiger partial charge in [0.15, 0.2) is 5.41 Å². The van der Waals surface area contributed by atoms with E-state index < -0.39 is 46.7 Å². The fraction of sp³-hybridized carbons (Fsp3) is 0.667. The first-order chi connectivity index (χ1) is 11.6. The lowest BCUT2D eigenvalue weighted by Gasteiger charge is -2.51. The predicted octanol–water partition coefficient (Wildman–Crippen LogP) is 1.29. The monoisotopic (exact) mass is 332 g/mol. The van der Waals surface area contributed by atoms with Gasteiger partial charge in [0.1, 0.15) is 11.0 Å². The minimum absolute atomic E-state index is 0.431. The molecular weight excluding hydrogens is 312 g/mol. The summed E-state index contributed by atoms with van der Waals surface area (Å²) in [5.41, 5.74) is -2.10. The minimum Gasteiger partial charge on any atom is -0.468 e. The number of carbonyl (C=O) groups is 2. The van der Waals surface area contributed by atoms with Crippen molar-refractivity contribution in [2.24, 2.45) is 10.8 Å². The number of hydrogen-bond acceptors (Lipinski definition) is 6. The molecule has 4 heterocycles. The number of ether oxygens (including phenoxy) is 4. The third kappa shape index (κ3) is 1.12. The molecule has 0 aromatic rings. The van der Waals surface area contributed by atoms with Crippen LogP contribution in [0.25, 0.3) is 0 Å². The lowest BCUT2D eigenvalue weighted by molar-refractivity contribution is -0.180. The average molecular weight is 332 g/mol. The molecule has 3 fully saturated rings. The Kier molecular flexibility index (Phi) is 2.62. The molecule has 0 radical (unpaired) electrons. The first kappa shape index (κ1) is 14.7. The van der Waals surface area contributed by atoms with Crippen molar-refractivity contribution in [3.8, 4) is 0 Å². The molecule has 0 amide bonds. The highest BCUT2D eigenvalue weighted by Gasteiger charge is 2.91. The Morgan fingerprint density at radius 1 is 1.08 bits per heavy atom. The van der Waals surface area contributed by atoms with Crippen LogP contribution in [0.4, 0.5) is 0 Å². The second-order valence-corrected chi connectivity index (χ2v) is 7.29. The summed E-state index contributed by atoms with van der Waals surface area (Å²) in [6, 6.07) is 0. The summed E-state index contributed by atoms with van der Waals surface area (Å²) in [4.78, 5) is 26.3. The maximum absolute atomic E-state index is 13.2. The number of rotatable bonds is 2. The van der Waals surface area contributed by atoms with Crippen LogP contribution in [0, 0.1) is 10.8 Å². The Hall–Kier alpha value is -1.66. The molecule has 1 aliphatic carbocycles. The molecule has 1 spiro atoms. The van der Waals surface area contributed by atoms with E-state index in [0.717, 1.165) is 24.8 Å². The van der Waals surface area contributed by atoms with Gasteiger partial charge in [-0.1, -0.05) is 18.2 Å². The normalized spacial score (nSPS) is 49.6. The molecular formula is C18H20O6. The van der Waals surface area contributed by atoms with E-state index in [-0.39, 0.29) is 0 Å². The van der Waals surface area contributed by atoms with Crippen LogP contribution in [0.2, 0.25) is 0 Å². The lowest BCUT2D eigenvalue weighted by atomic mass is 9.45. The molecule has 4 bridgehead atoms. The zero-order valence-corrected chi connectivity index (χ0v) is 13.7.